The highest BCUT2D eigenvalue weighted by Crippen LogP contribution is 2.22. The van der Waals surface area contributed by atoms with Gasteiger partial charge in [-0.25, -0.2) is 14.5 Å². The fourth-order valence-electron chi connectivity index (χ4n) is 2.80. The minimum Gasteiger partial charge on any atom is -0.475 e. The van der Waals surface area contributed by atoms with E-state index in [1.54, 1.807) is 11.5 Å². The number of amides is 1. The summed E-state index contributed by atoms with van der Waals surface area (Å²) < 4.78 is 34.6. The zero-order valence-electron chi connectivity index (χ0n) is 16.7. The molecule has 1 aliphatic heterocycles. The molecule has 2 aromatic rings. The van der Waals surface area contributed by atoms with Gasteiger partial charge in [0.25, 0.3) is 11.5 Å². The van der Waals surface area contributed by atoms with E-state index in [-0.39, 0.29) is 16.8 Å². The van der Waals surface area contributed by atoms with Crippen LogP contribution in [-0.2, 0) is 18.4 Å². The number of halogens is 3. The Kier molecular flexibility index (Phi) is 7.24. The Morgan fingerprint density at radius 1 is 1.29 bits per heavy atom. The van der Waals surface area contributed by atoms with Crippen LogP contribution in [0.2, 0.25) is 0 Å². The number of carboxylic acid groups (broad SMARTS) is 1. The van der Waals surface area contributed by atoms with Crippen molar-refractivity contribution in [3.05, 3.63) is 16.0 Å². The van der Waals surface area contributed by atoms with Crippen LogP contribution in [0.1, 0.15) is 17.4 Å². The first-order valence-corrected chi connectivity index (χ1v) is 8.91. The van der Waals surface area contributed by atoms with Gasteiger partial charge in [0.05, 0.1) is 6.54 Å². The SMILES string of the molecule is CC#CCn1c(N2CCNCC2)nc2c(C(N)=O)nn(C)c(=O)c21.O=C(O)C(F)(F)F. The number of imidazole rings is 1. The number of nitrogens with zero attached hydrogens (tertiary/aromatic N) is 5. The average molecular weight is 443 g/mol. The maximum absolute atomic E-state index is 12.6. The molecule has 0 radical (unpaired) electrons. The molecule has 0 unspecified atom stereocenters. The van der Waals surface area contributed by atoms with Crippen molar-refractivity contribution in [2.24, 2.45) is 12.8 Å². The number of primary amides is 1. The summed E-state index contributed by atoms with van der Waals surface area (Å²) in [5.41, 5.74) is 5.62. The number of hydrogen-bond donors (Lipinski definition) is 3. The van der Waals surface area contributed by atoms with Gasteiger partial charge < -0.3 is 21.1 Å². The number of aromatic nitrogens is 4. The van der Waals surface area contributed by atoms with Gasteiger partial charge >= 0.3 is 12.1 Å². The van der Waals surface area contributed by atoms with Gasteiger partial charge in [0.15, 0.2) is 5.69 Å². The Morgan fingerprint density at radius 2 is 1.87 bits per heavy atom. The molecular weight excluding hydrogens is 423 g/mol. The smallest absolute Gasteiger partial charge is 0.475 e. The second-order valence-electron chi connectivity index (χ2n) is 6.30. The fraction of sp³-hybridized carbons (Fsp3) is 0.471. The summed E-state index contributed by atoms with van der Waals surface area (Å²) in [5, 5.41) is 14.4. The number of carboxylic acids is 1. The molecule has 1 aliphatic rings. The van der Waals surface area contributed by atoms with E-state index in [9.17, 15) is 22.8 Å². The predicted octanol–water partition coefficient (Wildman–Crippen LogP) is -0.705. The molecule has 0 bridgehead atoms. The monoisotopic (exact) mass is 443 g/mol. The number of fused-ring (bicyclic) bond motifs is 1. The number of nitrogens with two attached hydrogens (primary N) is 1. The first kappa shape index (κ1) is 23.7. The number of aliphatic carboxylic acids is 1. The normalized spacial score (nSPS) is 13.8. The highest BCUT2D eigenvalue weighted by atomic mass is 19.4. The second-order valence-corrected chi connectivity index (χ2v) is 6.30. The molecule has 14 heteroatoms. The lowest BCUT2D eigenvalue weighted by Gasteiger charge is -2.28. The van der Waals surface area contributed by atoms with E-state index in [0.717, 1.165) is 30.9 Å². The van der Waals surface area contributed by atoms with Crippen LogP contribution in [0.25, 0.3) is 11.0 Å². The van der Waals surface area contributed by atoms with Gasteiger partial charge in [0, 0.05) is 33.2 Å². The first-order valence-electron chi connectivity index (χ1n) is 8.91. The maximum atomic E-state index is 12.6. The third-order valence-corrected chi connectivity index (χ3v) is 4.21. The molecule has 0 spiro atoms. The van der Waals surface area contributed by atoms with Gasteiger partial charge in [-0.1, -0.05) is 5.92 Å². The Balaban J connectivity index is 0.000000423. The average Bonchev–Trinajstić information content (AvgIpc) is 3.09. The second kappa shape index (κ2) is 9.47. The van der Waals surface area contributed by atoms with Crippen molar-refractivity contribution in [3.63, 3.8) is 0 Å². The topological polar surface area (TPSA) is 148 Å². The number of piperazine rings is 1. The number of hydrogen-bond acceptors (Lipinski definition) is 7. The fourth-order valence-corrected chi connectivity index (χ4v) is 2.80. The number of carbonyl (C=O) groups excluding carboxylic acids is 1. The van der Waals surface area contributed by atoms with Gasteiger partial charge in [-0.2, -0.15) is 18.3 Å². The minimum atomic E-state index is -5.08. The molecule has 1 amide bonds. The lowest BCUT2D eigenvalue weighted by atomic mass is 10.3. The van der Waals surface area contributed by atoms with Crippen molar-refractivity contribution in [1.29, 1.82) is 0 Å². The van der Waals surface area contributed by atoms with Gasteiger partial charge in [0.2, 0.25) is 5.95 Å². The number of anilines is 1. The molecule has 0 saturated carbocycles. The largest absolute Gasteiger partial charge is 0.490 e. The van der Waals surface area contributed by atoms with Gasteiger partial charge in [-0.15, -0.1) is 5.92 Å². The quantitative estimate of drug-likeness (QED) is 0.527. The highest BCUT2D eigenvalue weighted by molar-refractivity contribution is 6.02. The summed E-state index contributed by atoms with van der Waals surface area (Å²) >= 11 is 0. The number of rotatable bonds is 3. The maximum Gasteiger partial charge on any atom is 0.490 e. The van der Waals surface area contributed by atoms with E-state index in [4.69, 9.17) is 15.6 Å². The number of aryl methyl sites for hydroxylation is 1. The van der Waals surface area contributed by atoms with Crippen molar-refractivity contribution in [1.82, 2.24) is 24.6 Å². The third-order valence-electron chi connectivity index (χ3n) is 4.21. The number of carbonyl (C=O) groups is 2. The summed E-state index contributed by atoms with van der Waals surface area (Å²) in [6.45, 7) is 5.19. The molecule has 31 heavy (non-hydrogen) atoms. The van der Waals surface area contributed by atoms with E-state index in [1.165, 1.54) is 7.05 Å². The summed E-state index contributed by atoms with van der Waals surface area (Å²) in [7, 11) is 1.49. The molecule has 3 heterocycles. The zero-order chi connectivity index (χ0) is 23.3. The molecular formula is C17H20F3N7O4. The van der Waals surface area contributed by atoms with Gasteiger partial charge in [0.1, 0.15) is 11.0 Å². The van der Waals surface area contributed by atoms with E-state index in [2.05, 4.69) is 32.1 Å². The van der Waals surface area contributed by atoms with Crippen LogP contribution in [-0.4, -0.2) is 68.7 Å². The molecule has 0 aromatic carbocycles. The van der Waals surface area contributed by atoms with Crippen molar-refractivity contribution in [2.45, 2.75) is 19.6 Å². The first-order chi connectivity index (χ1) is 14.5. The van der Waals surface area contributed by atoms with Crippen LogP contribution in [0.5, 0.6) is 0 Å². The third kappa shape index (κ3) is 5.31. The molecule has 0 aliphatic carbocycles. The van der Waals surface area contributed by atoms with E-state index >= 15 is 0 Å². The molecule has 168 valence electrons. The van der Waals surface area contributed by atoms with Crippen molar-refractivity contribution < 1.29 is 27.9 Å². The molecule has 1 saturated heterocycles. The van der Waals surface area contributed by atoms with Crippen LogP contribution < -0.4 is 21.5 Å². The van der Waals surface area contributed by atoms with Crippen LogP contribution in [0.3, 0.4) is 0 Å². The van der Waals surface area contributed by atoms with Crippen LogP contribution in [0.4, 0.5) is 19.1 Å². The Morgan fingerprint density at radius 3 is 2.35 bits per heavy atom. The van der Waals surface area contributed by atoms with Crippen LogP contribution in [0.15, 0.2) is 4.79 Å². The summed E-state index contributed by atoms with van der Waals surface area (Å²) in [4.78, 5) is 39.8. The number of alkyl halides is 3. The van der Waals surface area contributed by atoms with E-state index in [0.29, 0.717) is 18.0 Å². The summed E-state index contributed by atoms with van der Waals surface area (Å²) in [6.07, 6.45) is -5.08. The molecule has 4 N–H and O–H groups in total. The Labute approximate surface area is 173 Å². The predicted molar refractivity (Wildman–Crippen MR) is 104 cm³/mol. The molecule has 2 aromatic heterocycles. The van der Waals surface area contributed by atoms with E-state index < -0.39 is 18.1 Å². The van der Waals surface area contributed by atoms with Crippen molar-refractivity contribution >= 4 is 28.9 Å². The lowest BCUT2D eigenvalue weighted by Crippen LogP contribution is -2.44. The van der Waals surface area contributed by atoms with Gasteiger partial charge in [-0.05, 0) is 6.92 Å². The minimum absolute atomic E-state index is 0.00769. The van der Waals surface area contributed by atoms with Crippen LogP contribution in [0, 0.1) is 11.8 Å². The molecule has 0 atom stereocenters. The Hall–Kier alpha value is -3.60. The lowest BCUT2D eigenvalue weighted by molar-refractivity contribution is -0.192. The van der Waals surface area contributed by atoms with E-state index in [1.807, 2.05) is 0 Å². The molecule has 3 rings (SSSR count). The Bertz CT molecular complexity index is 1110. The van der Waals surface area contributed by atoms with Gasteiger partial charge in [-0.3, -0.25) is 14.2 Å². The summed E-state index contributed by atoms with van der Waals surface area (Å²) in [6, 6.07) is 0. The summed E-state index contributed by atoms with van der Waals surface area (Å²) in [5.74, 6) is 2.93. The van der Waals surface area contributed by atoms with Crippen molar-refractivity contribution in [2.75, 3.05) is 31.1 Å². The standard InChI is InChI=1S/C15H19N7O2.C2HF3O2/c1-3-4-7-22-12-10(11(13(16)23)19-20(2)14(12)24)18-15(22)21-8-5-17-6-9-21;3-2(4,5)1(6)7/h17H,5-9H2,1-2H3,(H2,16,23);(H,6,7). The molecule has 11 nitrogen and oxygen atoms in total. The highest BCUT2D eigenvalue weighted by Gasteiger charge is 2.38. The zero-order valence-corrected chi connectivity index (χ0v) is 16.7. The number of nitrogens with one attached hydrogen (secondary N) is 1. The van der Waals surface area contributed by atoms with Crippen LogP contribution >= 0.6 is 0 Å². The molecule has 1 fully saturated rings. The van der Waals surface area contributed by atoms with Crippen molar-refractivity contribution in [3.8, 4) is 11.8 Å².